The van der Waals surface area contributed by atoms with Gasteiger partial charge in [-0.15, -0.1) is 11.3 Å². The van der Waals surface area contributed by atoms with Gasteiger partial charge in [-0.1, -0.05) is 23.6 Å². The van der Waals surface area contributed by atoms with E-state index in [-0.39, 0.29) is 5.91 Å². The monoisotopic (exact) mass is 324 g/mol. The molecule has 23 heavy (non-hydrogen) atoms. The number of hydrogen-bond donors (Lipinski definition) is 2. The van der Waals surface area contributed by atoms with Gasteiger partial charge < -0.3 is 10.6 Å². The summed E-state index contributed by atoms with van der Waals surface area (Å²) in [7, 11) is 0. The Morgan fingerprint density at radius 2 is 2.22 bits per heavy atom. The number of carbonyl (C=O) groups excluding carboxylic acids is 1. The smallest absolute Gasteiger partial charge is 0.271 e. The van der Waals surface area contributed by atoms with Crippen LogP contribution in [0.2, 0.25) is 0 Å². The molecular formula is C17H16N4OS. The third-order valence-corrected chi connectivity index (χ3v) is 3.48. The normalized spacial score (nSPS) is 9.96. The molecule has 0 fully saturated rings. The summed E-state index contributed by atoms with van der Waals surface area (Å²) in [5.41, 5.74) is 7.46. The molecule has 2 heterocycles. The summed E-state index contributed by atoms with van der Waals surface area (Å²) in [5.74, 6) is -0.239. The number of allylic oxidation sites excluding steroid dienone is 1. The minimum atomic E-state index is -0.239. The van der Waals surface area contributed by atoms with Crippen molar-refractivity contribution in [3.05, 3.63) is 71.4 Å². The number of carbonyl (C=O) groups is 1. The molecule has 0 bridgehead atoms. The Hall–Kier alpha value is -2.91. The van der Waals surface area contributed by atoms with E-state index in [4.69, 9.17) is 0 Å². The minimum absolute atomic E-state index is 0.239. The highest BCUT2D eigenvalue weighted by Gasteiger charge is 2.10. The lowest BCUT2D eigenvalue weighted by Crippen LogP contribution is -2.25. The quantitative estimate of drug-likeness (QED) is 0.631. The first-order chi connectivity index (χ1) is 11.2. The van der Waals surface area contributed by atoms with Crippen molar-refractivity contribution < 1.29 is 4.79 Å². The predicted molar refractivity (Wildman–Crippen MR) is 92.9 cm³/mol. The molecule has 0 aliphatic heterocycles. The molecule has 0 aliphatic carbocycles. The number of aromatic nitrogens is 2. The SMILES string of the molecule is C=C=C=C(/C=C\C)CNC(=O)c1csc(Nc2ccncc2)n1. The molecule has 1 amide bonds. The molecule has 0 unspecified atom stereocenters. The lowest BCUT2D eigenvalue weighted by atomic mass is 10.2. The Labute approximate surface area is 138 Å². The Bertz CT molecular complexity index is 782. The third-order valence-electron chi connectivity index (χ3n) is 2.72. The summed E-state index contributed by atoms with van der Waals surface area (Å²) in [4.78, 5) is 20.3. The molecule has 5 nitrogen and oxygen atoms in total. The van der Waals surface area contributed by atoms with Gasteiger partial charge >= 0.3 is 0 Å². The molecular weight excluding hydrogens is 308 g/mol. The average Bonchev–Trinajstić information content (AvgIpc) is 3.02. The first-order valence-corrected chi connectivity index (χ1v) is 7.78. The van der Waals surface area contributed by atoms with Gasteiger partial charge in [0.2, 0.25) is 0 Å². The zero-order chi connectivity index (χ0) is 16.5. The molecule has 2 aromatic rings. The van der Waals surface area contributed by atoms with E-state index >= 15 is 0 Å². The van der Waals surface area contributed by atoms with Crippen LogP contribution in [0.1, 0.15) is 17.4 Å². The van der Waals surface area contributed by atoms with Crippen molar-refractivity contribution in [2.24, 2.45) is 0 Å². The summed E-state index contributed by atoms with van der Waals surface area (Å²) in [6.07, 6.45) is 7.08. The fraction of sp³-hybridized carbons (Fsp3) is 0.118. The minimum Gasteiger partial charge on any atom is -0.346 e. The van der Waals surface area contributed by atoms with Crippen LogP contribution in [0.3, 0.4) is 0 Å². The third kappa shape index (κ3) is 5.09. The number of nitrogens with zero attached hydrogens (tertiary/aromatic N) is 2. The molecule has 0 saturated heterocycles. The zero-order valence-electron chi connectivity index (χ0n) is 12.7. The highest BCUT2D eigenvalue weighted by molar-refractivity contribution is 7.14. The molecule has 2 rings (SSSR count). The predicted octanol–water partition coefficient (Wildman–Crippen LogP) is 3.45. The van der Waals surface area contributed by atoms with E-state index in [1.54, 1.807) is 17.8 Å². The van der Waals surface area contributed by atoms with Gasteiger partial charge in [0.25, 0.3) is 5.91 Å². The number of anilines is 2. The maximum Gasteiger partial charge on any atom is 0.271 e. The first-order valence-electron chi connectivity index (χ1n) is 6.90. The molecule has 0 spiro atoms. The largest absolute Gasteiger partial charge is 0.346 e. The van der Waals surface area contributed by atoms with Gasteiger partial charge in [-0.05, 0) is 25.6 Å². The Kier molecular flexibility index (Phi) is 6.09. The Balaban J connectivity index is 1.98. The van der Waals surface area contributed by atoms with E-state index in [0.29, 0.717) is 17.4 Å². The molecule has 0 atom stereocenters. The average molecular weight is 324 g/mol. The molecule has 6 heteroatoms. The van der Waals surface area contributed by atoms with Crippen molar-refractivity contribution in [1.29, 1.82) is 0 Å². The number of pyridine rings is 1. The molecule has 116 valence electrons. The van der Waals surface area contributed by atoms with Crippen LogP contribution in [0, 0.1) is 0 Å². The Morgan fingerprint density at radius 3 is 2.91 bits per heavy atom. The molecule has 2 N–H and O–H groups in total. The summed E-state index contributed by atoms with van der Waals surface area (Å²) < 4.78 is 0. The van der Waals surface area contributed by atoms with Crippen molar-refractivity contribution in [2.75, 3.05) is 11.9 Å². The maximum atomic E-state index is 12.1. The second-order valence-corrected chi connectivity index (χ2v) is 5.27. The standard InChI is InChI=1S/C17H16N4OS/c1-3-5-13(6-4-2)11-19-16(22)15-12-23-17(21-15)20-14-7-9-18-10-8-14/h4,6-10,12H,1,11H2,2H3,(H,19,22)(H,18,20,21)/b6-4-. The summed E-state index contributed by atoms with van der Waals surface area (Å²) in [6.45, 7) is 5.72. The van der Waals surface area contributed by atoms with Gasteiger partial charge in [-0.2, -0.15) is 0 Å². The van der Waals surface area contributed by atoms with Gasteiger partial charge in [0, 0.05) is 29.0 Å². The number of nitrogens with one attached hydrogen (secondary N) is 2. The van der Waals surface area contributed by atoms with Crippen molar-refractivity contribution in [1.82, 2.24) is 15.3 Å². The van der Waals surface area contributed by atoms with Crippen molar-refractivity contribution in [3.8, 4) is 0 Å². The molecule has 0 aromatic carbocycles. The lowest BCUT2D eigenvalue weighted by molar-refractivity contribution is 0.0953. The van der Waals surface area contributed by atoms with E-state index in [0.717, 1.165) is 11.3 Å². The number of rotatable bonds is 6. The van der Waals surface area contributed by atoms with Gasteiger partial charge in [0.15, 0.2) is 5.13 Å². The fourth-order valence-corrected chi connectivity index (χ4v) is 2.43. The second-order valence-electron chi connectivity index (χ2n) is 4.41. The Morgan fingerprint density at radius 1 is 1.43 bits per heavy atom. The topological polar surface area (TPSA) is 66.9 Å². The van der Waals surface area contributed by atoms with Crippen LogP contribution in [0.15, 0.2) is 65.7 Å². The van der Waals surface area contributed by atoms with E-state index in [1.165, 1.54) is 11.3 Å². The van der Waals surface area contributed by atoms with E-state index < -0.39 is 0 Å². The van der Waals surface area contributed by atoms with Crippen LogP contribution in [0.5, 0.6) is 0 Å². The second kappa shape index (κ2) is 8.51. The number of thiazole rings is 1. The molecule has 0 radical (unpaired) electrons. The van der Waals surface area contributed by atoms with Gasteiger partial charge in [0.05, 0.1) is 6.54 Å². The van der Waals surface area contributed by atoms with E-state index in [2.05, 4.69) is 38.6 Å². The van der Waals surface area contributed by atoms with Crippen LogP contribution in [-0.4, -0.2) is 22.4 Å². The van der Waals surface area contributed by atoms with Crippen molar-refractivity contribution in [2.45, 2.75) is 6.92 Å². The van der Waals surface area contributed by atoms with E-state index in [9.17, 15) is 4.79 Å². The van der Waals surface area contributed by atoms with Gasteiger partial charge in [0.1, 0.15) is 5.69 Å². The number of hydrogen-bond acceptors (Lipinski definition) is 5. The molecule has 2 aromatic heterocycles. The highest BCUT2D eigenvalue weighted by Crippen LogP contribution is 2.20. The van der Waals surface area contributed by atoms with Gasteiger partial charge in [-0.25, -0.2) is 4.98 Å². The van der Waals surface area contributed by atoms with Crippen LogP contribution < -0.4 is 10.6 Å². The zero-order valence-corrected chi connectivity index (χ0v) is 13.5. The molecule has 0 saturated carbocycles. The van der Waals surface area contributed by atoms with Crippen molar-refractivity contribution in [3.63, 3.8) is 0 Å². The van der Waals surface area contributed by atoms with Crippen LogP contribution in [-0.2, 0) is 0 Å². The van der Waals surface area contributed by atoms with Crippen LogP contribution >= 0.6 is 11.3 Å². The van der Waals surface area contributed by atoms with Crippen molar-refractivity contribution >= 4 is 28.1 Å². The van der Waals surface area contributed by atoms with Crippen LogP contribution in [0.25, 0.3) is 0 Å². The lowest BCUT2D eigenvalue weighted by Gasteiger charge is -2.02. The van der Waals surface area contributed by atoms with Crippen LogP contribution in [0.4, 0.5) is 10.8 Å². The summed E-state index contributed by atoms with van der Waals surface area (Å²) in [6, 6.07) is 3.66. The maximum absolute atomic E-state index is 12.1. The summed E-state index contributed by atoms with van der Waals surface area (Å²) >= 11 is 1.37. The first kappa shape index (κ1) is 16.5. The van der Waals surface area contributed by atoms with E-state index in [1.807, 2.05) is 31.2 Å². The summed E-state index contributed by atoms with van der Waals surface area (Å²) in [5, 5.41) is 8.28. The van der Waals surface area contributed by atoms with Gasteiger partial charge in [-0.3, -0.25) is 9.78 Å². The number of amides is 1. The highest BCUT2D eigenvalue weighted by atomic mass is 32.1. The molecule has 0 aliphatic rings. The fourth-order valence-electron chi connectivity index (χ4n) is 1.72.